The number of benzene rings is 1. The fraction of sp³-hybridized carbons (Fsp3) is 0.632. The number of hydrogen-bond donors (Lipinski definition) is 1. The standard InChI is InChI=1S/C19H29N3O4S/c23-19(20-9-4-10-21-13-15-26-16-14-21)17-5-7-18(8-6-17)27(24,25)22-11-2-1-3-12-22/h5-8H,1-4,9-16H2,(H,20,23). The van der Waals surface area contributed by atoms with Crippen LogP contribution in [0.25, 0.3) is 0 Å². The minimum atomic E-state index is -3.45. The largest absolute Gasteiger partial charge is 0.379 e. The lowest BCUT2D eigenvalue weighted by atomic mass is 10.2. The van der Waals surface area contributed by atoms with Gasteiger partial charge in [-0.15, -0.1) is 0 Å². The summed E-state index contributed by atoms with van der Waals surface area (Å²) in [5, 5.41) is 2.90. The third kappa shape index (κ3) is 5.51. The summed E-state index contributed by atoms with van der Waals surface area (Å²) >= 11 is 0. The number of piperidine rings is 1. The van der Waals surface area contributed by atoms with Gasteiger partial charge in [-0.3, -0.25) is 9.69 Å². The predicted molar refractivity (Wildman–Crippen MR) is 103 cm³/mol. The number of ether oxygens (including phenoxy) is 1. The van der Waals surface area contributed by atoms with Crippen molar-refractivity contribution in [1.29, 1.82) is 0 Å². The smallest absolute Gasteiger partial charge is 0.251 e. The Balaban J connectivity index is 1.48. The van der Waals surface area contributed by atoms with E-state index in [4.69, 9.17) is 4.74 Å². The molecule has 7 nitrogen and oxygen atoms in total. The summed E-state index contributed by atoms with van der Waals surface area (Å²) in [7, 11) is -3.45. The Bertz CT molecular complexity index is 709. The SMILES string of the molecule is O=C(NCCCN1CCOCC1)c1ccc(S(=O)(=O)N2CCCCC2)cc1. The number of rotatable bonds is 7. The fourth-order valence-corrected chi connectivity index (χ4v) is 4.98. The van der Waals surface area contributed by atoms with Gasteiger partial charge in [0.15, 0.2) is 0 Å². The van der Waals surface area contributed by atoms with Gasteiger partial charge in [0.25, 0.3) is 5.91 Å². The van der Waals surface area contributed by atoms with Crippen molar-refractivity contribution >= 4 is 15.9 Å². The van der Waals surface area contributed by atoms with Gasteiger partial charge >= 0.3 is 0 Å². The first kappa shape index (κ1) is 20.3. The molecule has 0 unspecified atom stereocenters. The molecule has 1 amide bonds. The highest BCUT2D eigenvalue weighted by Gasteiger charge is 2.25. The molecule has 0 saturated carbocycles. The molecular formula is C19H29N3O4S. The molecule has 3 rings (SSSR count). The minimum Gasteiger partial charge on any atom is -0.379 e. The second-order valence-electron chi connectivity index (χ2n) is 7.05. The van der Waals surface area contributed by atoms with E-state index in [1.165, 1.54) is 16.4 Å². The molecule has 2 aliphatic heterocycles. The van der Waals surface area contributed by atoms with E-state index < -0.39 is 10.0 Å². The second kappa shape index (κ2) is 9.64. The molecule has 0 aliphatic carbocycles. The fourth-order valence-electron chi connectivity index (χ4n) is 3.46. The molecule has 1 aromatic rings. The zero-order chi connectivity index (χ0) is 19.1. The number of carbonyl (C=O) groups is 1. The molecule has 27 heavy (non-hydrogen) atoms. The summed E-state index contributed by atoms with van der Waals surface area (Å²) in [6.45, 7) is 6.14. The highest BCUT2D eigenvalue weighted by molar-refractivity contribution is 7.89. The maximum absolute atomic E-state index is 12.6. The quantitative estimate of drug-likeness (QED) is 0.705. The maximum Gasteiger partial charge on any atom is 0.251 e. The molecule has 0 spiro atoms. The summed E-state index contributed by atoms with van der Waals surface area (Å²) in [5.41, 5.74) is 0.485. The van der Waals surface area contributed by atoms with E-state index in [0.717, 1.165) is 58.5 Å². The Hall–Kier alpha value is -1.48. The predicted octanol–water partition coefficient (Wildman–Crippen LogP) is 1.31. The van der Waals surface area contributed by atoms with E-state index in [1.807, 2.05) is 0 Å². The lowest BCUT2D eigenvalue weighted by Gasteiger charge is -2.26. The van der Waals surface area contributed by atoms with Gasteiger partial charge in [0.1, 0.15) is 0 Å². The maximum atomic E-state index is 12.6. The van der Waals surface area contributed by atoms with Crippen molar-refractivity contribution < 1.29 is 17.9 Å². The van der Waals surface area contributed by atoms with Gasteiger partial charge in [-0.1, -0.05) is 6.42 Å². The van der Waals surface area contributed by atoms with Crippen LogP contribution in [-0.4, -0.2) is 76.0 Å². The lowest BCUT2D eigenvalue weighted by Crippen LogP contribution is -2.38. The van der Waals surface area contributed by atoms with Crippen LogP contribution < -0.4 is 5.32 Å². The molecule has 2 heterocycles. The summed E-state index contributed by atoms with van der Waals surface area (Å²) in [5.74, 6) is -0.168. The van der Waals surface area contributed by atoms with Crippen LogP contribution in [-0.2, 0) is 14.8 Å². The number of amides is 1. The van der Waals surface area contributed by atoms with Crippen LogP contribution in [0.2, 0.25) is 0 Å². The highest BCUT2D eigenvalue weighted by Crippen LogP contribution is 2.20. The zero-order valence-electron chi connectivity index (χ0n) is 15.7. The molecule has 0 aromatic heterocycles. The van der Waals surface area contributed by atoms with E-state index in [1.54, 1.807) is 12.1 Å². The van der Waals surface area contributed by atoms with Crippen molar-refractivity contribution in [3.05, 3.63) is 29.8 Å². The molecule has 0 bridgehead atoms. The van der Waals surface area contributed by atoms with E-state index >= 15 is 0 Å². The molecular weight excluding hydrogens is 366 g/mol. The summed E-state index contributed by atoms with van der Waals surface area (Å²) in [6.07, 6.45) is 3.78. The van der Waals surface area contributed by atoms with Crippen LogP contribution in [0.1, 0.15) is 36.0 Å². The Morgan fingerprint density at radius 1 is 1.00 bits per heavy atom. The van der Waals surface area contributed by atoms with E-state index in [9.17, 15) is 13.2 Å². The van der Waals surface area contributed by atoms with Crippen LogP contribution in [0, 0.1) is 0 Å². The topological polar surface area (TPSA) is 79.0 Å². The summed E-state index contributed by atoms with van der Waals surface area (Å²) in [4.78, 5) is 14.8. The first-order valence-corrected chi connectivity index (χ1v) is 11.2. The Morgan fingerprint density at radius 3 is 2.33 bits per heavy atom. The monoisotopic (exact) mass is 395 g/mol. The molecule has 2 saturated heterocycles. The average molecular weight is 396 g/mol. The molecule has 8 heteroatoms. The summed E-state index contributed by atoms with van der Waals surface area (Å²) in [6, 6.07) is 6.25. The van der Waals surface area contributed by atoms with E-state index in [-0.39, 0.29) is 10.8 Å². The first-order chi connectivity index (χ1) is 13.1. The van der Waals surface area contributed by atoms with Crippen LogP contribution in [0.3, 0.4) is 0 Å². The van der Waals surface area contributed by atoms with Crippen molar-refractivity contribution in [2.75, 3.05) is 52.5 Å². The van der Waals surface area contributed by atoms with Crippen LogP contribution in [0.15, 0.2) is 29.2 Å². The molecule has 0 radical (unpaired) electrons. The van der Waals surface area contributed by atoms with Gasteiger partial charge in [-0.2, -0.15) is 4.31 Å². The van der Waals surface area contributed by atoms with Gasteiger partial charge < -0.3 is 10.1 Å². The molecule has 1 N–H and O–H groups in total. The van der Waals surface area contributed by atoms with Gasteiger partial charge in [0.2, 0.25) is 10.0 Å². The van der Waals surface area contributed by atoms with Gasteiger partial charge in [0.05, 0.1) is 18.1 Å². The van der Waals surface area contributed by atoms with Gasteiger partial charge in [-0.25, -0.2) is 8.42 Å². The van der Waals surface area contributed by atoms with Crippen molar-refractivity contribution in [2.24, 2.45) is 0 Å². The Morgan fingerprint density at radius 2 is 1.67 bits per heavy atom. The second-order valence-corrected chi connectivity index (χ2v) is 8.99. The normalized spacial score (nSPS) is 19.7. The third-order valence-electron chi connectivity index (χ3n) is 5.11. The molecule has 2 aliphatic rings. The van der Waals surface area contributed by atoms with Crippen LogP contribution in [0.5, 0.6) is 0 Å². The van der Waals surface area contributed by atoms with Crippen molar-refractivity contribution in [3.63, 3.8) is 0 Å². The van der Waals surface area contributed by atoms with E-state index in [0.29, 0.717) is 25.2 Å². The third-order valence-corrected chi connectivity index (χ3v) is 7.02. The first-order valence-electron chi connectivity index (χ1n) is 9.76. The molecule has 0 atom stereocenters. The highest BCUT2D eigenvalue weighted by atomic mass is 32.2. The van der Waals surface area contributed by atoms with Crippen LogP contribution >= 0.6 is 0 Å². The number of sulfonamides is 1. The van der Waals surface area contributed by atoms with Crippen molar-refractivity contribution in [2.45, 2.75) is 30.6 Å². The lowest BCUT2D eigenvalue weighted by molar-refractivity contribution is 0.0374. The van der Waals surface area contributed by atoms with Gasteiger partial charge in [-0.05, 0) is 50.1 Å². The number of nitrogens with zero attached hydrogens (tertiary/aromatic N) is 2. The van der Waals surface area contributed by atoms with Crippen molar-refractivity contribution in [1.82, 2.24) is 14.5 Å². The minimum absolute atomic E-state index is 0.168. The summed E-state index contributed by atoms with van der Waals surface area (Å²) < 4.78 is 32.1. The molecule has 150 valence electrons. The zero-order valence-corrected chi connectivity index (χ0v) is 16.5. The molecule has 2 fully saturated rings. The number of morpholine rings is 1. The van der Waals surface area contributed by atoms with Crippen molar-refractivity contribution in [3.8, 4) is 0 Å². The van der Waals surface area contributed by atoms with Crippen LogP contribution in [0.4, 0.5) is 0 Å². The molecule has 1 aromatic carbocycles. The average Bonchev–Trinajstić information content (AvgIpc) is 2.72. The number of nitrogens with one attached hydrogen (secondary N) is 1. The number of hydrogen-bond acceptors (Lipinski definition) is 5. The Kier molecular flexibility index (Phi) is 7.23. The van der Waals surface area contributed by atoms with Gasteiger partial charge in [0, 0.05) is 38.3 Å². The Labute approximate surface area is 161 Å². The number of carbonyl (C=O) groups excluding carboxylic acids is 1. The van der Waals surface area contributed by atoms with E-state index in [2.05, 4.69) is 10.2 Å².